The molecule has 1 heterocycles. The molecule has 1 fully saturated rings. The van der Waals surface area contributed by atoms with Crippen LogP contribution in [0.3, 0.4) is 0 Å². The van der Waals surface area contributed by atoms with Crippen LogP contribution in [-0.2, 0) is 4.79 Å². The van der Waals surface area contributed by atoms with E-state index in [9.17, 15) is 4.79 Å². The zero-order valence-corrected chi connectivity index (χ0v) is 9.83. The summed E-state index contributed by atoms with van der Waals surface area (Å²) in [5, 5.41) is 0. The molecule has 0 aliphatic carbocycles. The number of carbonyl (C=O) groups excluding carboxylic acids is 1. The minimum atomic E-state index is -0.0667. The number of piperidine rings is 1. The van der Waals surface area contributed by atoms with Crippen molar-refractivity contribution in [1.29, 1.82) is 0 Å². The van der Waals surface area contributed by atoms with Crippen LogP contribution in [0.1, 0.15) is 46.0 Å². The monoisotopic (exact) mass is 213 g/mol. The zero-order valence-electron chi connectivity index (χ0n) is 9.83. The lowest BCUT2D eigenvalue weighted by Gasteiger charge is -2.39. The number of hydrogen-bond donors (Lipinski definition) is 2. The van der Waals surface area contributed by atoms with Gasteiger partial charge in [0.25, 0.3) is 0 Å². The fraction of sp³-hybridized carbons (Fsp3) is 0.909. The zero-order chi connectivity index (χ0) is 11.3. The van der Waals surface area contributed by atoms with E-state index in [-0.39, 0.29) is 5.91 Å². The van der Waals surface area contributed by atoms with Crippen molar-refractivity contribution in [2.45, 2.75) is 58.0 Å². The summed E-state index contributed by atoms with van der Waals surface area (Å²) in [6.45, 7) is 5.46. The first kappa shape index (κ1) is 12.5. The molecule has 0 saturated carbocycles. The van der Waals surface area contributed by atoms with E-state index in [4.69, 9.17) is 5.84 Å². The molecule has 0 aromatic carbocycles. The second kappa shape index (κ2) is 6.08. The number of nitrogens with two attached hydrogens (primary N) is 1. The van der Waals surface area contributed by atoms with Gasteiger partial charge in [0, 0.05) is 18.5 Å². The number of hydrazine groups is 1. The van der Waals surface area contributed by atoms with E-state index in [2.05, 4.69) is 24.2 Å². The van der Waals surface area contributed by atoms with Crippen LogP contribution in [0, 0.1) is 0 Å². The summed E-state index contributed by atoms with van der Waals surface area (Å²) < 4.78 is 0. The van der Waals surface area contributed by atoms with E-state index in [0.717, 1.165) is 6.54 Å². The van der Waals surface area contributed by atoms with Gasteiger partial charge in [-0.3, -0.25) is 15.1 Å². The van der Waals surface area contributed by atoms with Gasteiger partial charge in [-0.1, -0.05) is 13.3 Å². The molecule has 0 radical (unpaired) electrons. The van der Waals surface area contributed by atoms with Gasteiger partial charge in [-0.25, -0.2) is 5.84 Å². The van der Waals surface area contributed by atoms with Gasteiger partial charge in [0.05, 0.1) is 0 Å². The molecule has 4 heteroatoms. The third-order valence-electron chi connectivity index (χ3n) is 3.35. The van der Waals surface area contributed by atoms with Gasteiger partial charge in [-0.2, -0.15) is 0 Å². The van der Waals surface area contributed by atoms with E-state index in [0.29, 0.717) is 18.5 Å². The Balaban J connectivity index is 2.47. The van der Waals surface area contributed by atoms with Crippen LogP contribution in [0.2, 0.25) is 0 Å². The third kappa shape index (κ3) is 3.47. The number of nitrogens with one attached hydrogen (secondary N) is 1. The first-order valence-electron chi connectivity index (χ1n) is 5.94. The summed E-state index contributed by atoms with van der Waals surface area (Å²) in [5.41, 5.74) is 2.20. The second-order valence-electron chi connectivity index (χ2n) is 4.42. The van der Waals surface area contributed by atoms with Gasteiger partial charge in [-0.15, -0.1) is 0 Å². The lowest BCUT2D eigenvalue weighted by atomic mass is 9.97. The Bertz CT molecular complexity index is 208. The molecular formula is C11H23N3O. The highest BCUT2D eigenvalue weighted by molar-refractivity contribution is 5.75. The second-order valence-corrected chi connectivity index (χ2v) is 4.42. The van der Waals surface area contributed by atoms with E-state index < -0.39 is 0 Å². The Hall–Kier alpha value is -0.610. The summed E-state index contributed by atoms with van der Waals surface area (Å²) in [6, 6.07) is 0.957. The fourth-order valence-corrected chi connectivity index (χ4v) is 2.49. The van der Waals surface area contributed by atoms with Crippen LogP contribution in [-0.4, -0.2) is 29.4 Å². The van der Waals surface area contributed by atoms with Crippen LogP contribution < -0.4 is 11.3 Å². The maximum absolute atomic E-state index is 11.2. The van der Waals surface area contributed by atoms with Crippen LogP contribution in [0.5, 0.6) is 0 Å². The number of hydrogen-bond acceptors (Lipinski definition) is 3. The highest BCUT2D eigenvalue weighted by atomic mass is 16.2. The average Bonchev–Trinajstić information content (AvgIpc) is 2.28. The van der Waals surface area contributed by atoms with Crippen molar-refractivity contribution in [2.75, 3.05) is 6.54 Å². The normalized spacial score (nSPS) is 24.9. The Kier molecular flexibility index (Phi) is 5.05. The Morgan fingerprint density at radius 3 is 2.93 bits per heavy atom. The number of amides is 1. The van der Waals surface area contributed by atoms with Crippen LogP contribution in [0.25, 0.3) is 0 Å². The molecule has 1 aliphatic rings. The molecule has 1 rings (SSSR count). The summed E-state index contributed by atoms with van der Waals surface area (Å²) in [6.07, 6.45) is 5.53. The van der Waals surface area contributed by atoms with E-state index >= 15 is 0 Å². The summed E-state index contributed by atoms with van der Waals surface area (Å²) in [5.74, 6) is 5.03. The Labute approximate surface area is 92.2 Å². The van der Waals surface area contributed by atoms with Crippen LogP contribution in [0.4, 0.5) is 0 Å². The first-order chi connectivity index (χ1) is 7.19. The molecule has 2 unspecified atom stereocenters. The van der Waals surface area contributed by atoms with Crippen molar-refractivity contribution in [3.05, 3.63) is 0 Å². The number of rotatable bonds is 4. The maximum atomic E-state index is 11.2. The van der Waals surface area contributed by atoms with Crippen molar-refractivity contribution >= 4 is 5.91 Å². The van der Waals surface area contributed by atoms with E-state index in [1.807, 2.05) is 0 Å². The van der Waals surface area contributed by atoms with Crippen molar-refractivity contribution in [3.8, 4) is 0 Å². The quantitative estimate of drug-likeness (QED) is 0.416. The highest BCUT2D eigenvalue weighted by Crippen LogP contribution is 2.22. The van der Waals surface area contributed by atoms with E-state index in [1.165, 1.54) is 25.7 Å². The number of likely N-dealkylation sites (tertiary alicyclic amines) is 1. The van der Waals surface area contributed by atoms with Gasteiger partial charge >= 0.3 is 0 Å². The fourth-order valence-electron chi connectivity index (χ4n) is 2.49. The molecule has 0 aromatic heterocycles. The smallest absolute Gasteiger partial charge is 0.235 e. The highest BCUT2D eigenvalue weighted by Gasteiger charge is 2.26. The Morgan fingerprint density at radius 2 is 2.33 bits per heavy atom. The van der Waals surface area contributed by atoms with Gasteiger partial charge < -0.3 is 0 Å². The SMILES string of the molecule is CCC1CCCCN1C(C)CC(=O)NN. The van der Waals surface area contributed by atoms with Gasteiger partial charge in [-0.05, 0) is 32.7 Å². The molecule has 88 valence electrons. The standard InChI is InChI=1S/C11H23N3O/c1-3-10-6-4-5-7-14(10)9(2)8-11(15)13-12/h9-10H,3-8,12H2,1-2H3,(H,13,15). The van der Waals surface area contributed by atoms with Crippen molar-refractivity contribution in [1.82, 2.24) is 10.3 Å². The molecule has 0 bridgehead atoms. The lowest BCUT2D eigenvalue weighted by Crippen LogP contribution is -2.47. The molecule has 1 amide bonds. The third-order valence-corrected chi connectivity index (χ3v) is 3.35. The maximum Gasteiger partial charge on any atom is 0.235 e. The summed E-state index contributed by atoms with van der Waals surface area (Å²) in [4.78, 5) is 13.7. The molecule has 1 saturated heterocycles. The largest absolute Gasteiger partial charge is 0.297 e. The molecule has 0 aromatic rings. The van der Waals surface area contributed by atoms with Gasteiger partial charge in [0.2, 0.25) is 5.91 Å². The minimum absolute atomic E-state index is 0.0667. The molecule has 15 heavy (non-hydrogen) atoms. The predicted octanol–water partition coefficient (Wildman–Crippen LogP) is 1.02. The molecular weight excluding hydrogens is 190 g/mol. The van der Waals surface area contributed by atoms with E-state index in [1.54, 1.807) is 0 Å². The predicted molar refractivity (Wildman–Crippen MR) is 61.0 cm³/mol. The molecule has 3 N–H and O–H groups in total. The van der Waals surface area contributed by atoms with Gasteiger partial charge in [0.1, 0.15) is 0 Å². The molecule has 1 aliphatic heterocycles. The van der Waals surface area contributed by atoms with Gasteiger partial charge in [0.15, 0.2) is 0 Å². The molecule has 4 nitrogen and oxygen atoms in total. The van der Waals surface area contributed by atoms with Crippen LogP contribution >= 0.6 is 0 Å². The summed E-state index contributed by atoms with van der Waals surface area (Å²) in [7, 11) is 0. The minimum Gasteiger partial charge on any atom is -0.297 e. The molecule has 2 atom stereocenters. The molecule has 0 spiro atoms. The average molecular weight is 213 g/mol. The summed E-state index contributed by atoms with van der Waals surface area (Å²) >= 11 is 0. The van der Waals surface area contributed by atoms with Crippen molar-refractivity contribution in [2.24, 2.45) is 5.84 Å². The lowest BCUT2D eigenvalue weighted by molar-refractivity contribution is -0.122. The first-order valence-corrected chi connectivity index (χ1v) is 5.94. The Morgan fingerprint density at radius 1 is 1.60 bits per heavy atom. The van der Waals surface area contributed by atoms with Crippen molar-refractivity contribution < 1.29 is 4.79 Å². The van der Waals surface area contributed by atoms with Crippen LogP contribution in [0.15, 0.2) is 0 Å². The topological polar surface area (TPSA) is 58.4 Å². The number of carbonyl (C=O) groups is 1. The van der Waals surface area contributed by atoms with Crippen molar-refractivity contribution in [3.63, 3.8) is 0 Å². The number of nitrogens with zero attached hydrogens (tertiary/aromatic N) is 1.